The minimum absolute atomic E-state index is 0.423. The molecule has 3 atom stereocenters. The zero-order valence-corrected chi connectivity index (χ0v) is 12.8. The number of carbonyl (C=O) groups is 2. The molecule has 22 heavy (non-hydrogen) atoms. The summed E-state index contributed by atoms with van der Waals surface area (Å²) >= 11 is 0. The number of likely N-dealkylation sites (tertiary alicyclic amines) is 1. The Morgan fingerprint density at radius 1 is 1.27 bits per heavy atom. The summed E-state index contributed by atoms with van der Waals surface area (Å²) in [6.45, 7) is 5.40. The summed E-state index contributed by atoms with van der Waals surface area (Å²) in [4.78, 5) is 24.0. The van der Waals surface area contributed by atoms with E-state index in [4.69, 9.17) is 4.74 Å². The summed E-state index contributed by atoms with van der Waals surface area (Å²) in [7, 11) is 0. The molecular weight excluding hydrogens is 308 g/mol. The lowest BCUT2D eigenvalue weighted by atomic mass is 10.2. The largest absolute Gasteiger partial charge is 0.444 e. The van der Waals surface area contributed by atoms with Crippen molar-refractivity contribution in [3.63, 3.8) is 0 Å². The number of ether oxygens (including phenoxy) is 1. The molecule has 2 amide bonds. The molecule has 1 rings (SSSR count). The minimum Gasteiger partial charge on any atom is -0.444 e. The maximum absolute atomic E-state index is 13.3. The molecule has 128 valence electrons. The highest BCUT2D eigenvalue weighted by atomic mass is 19.4. The van der Waals surface area contributed by atoms with Gasteiger partial charge in [0.1, 0.15) is 23.9 Å². The third kappa shape index (κ3) is 5.03. The van der Waals surface area contributed by atoms with Gasteiger partial charge < -0.3 is 15.0 Å². The van der Waals surface area contributed by atoms with E-state index in [1.165, 1.54) is 6.92 Å². The Balaban J connectivity index is 2.71. The molecule has 0 radical (unpaired) electrons. The fraction of sp³-hybridized carbons (Fsp3) is 0.846. The van der Waals surface area contributed by atoms with Crippen LogP contribution in [0.2, 0.25) is 0 Å². The smallest absolute Gasteiger partial charge is 0.408 e. The van der Waals surface area contributed by atoms with Gasteiger partial charge in [-0.1, -0.05) is 0 Å². The van der Waals surface area contributed by atoms with Crippen molar-refractivity contribution in [3.8, 4) is 0 Å². The summed E-state index contributed by atoms with van der Waals surface area (Å²) in [6, 6.07) is -3.41. The minimum atomic E-state index is -4.71. The highest BCUT2D eigenvalue weighted by Crippen LogP contribution is 2.34. The van der Waals surface area contributed by atoms with E-state index < -0.39 is 55.0 Å². The third-order valence-corrected chi connectivity index (χ3v) is 3.01. The van der Waals surface area contributed by atoms with Gasteiger partial charge in [-0.25, -0.2) is 9.18 Å². The van der Waals surface area contributed by atoms with Gasteiger partial charge in [-0.3, -0.25) is 4.79 Å². The Labute approximate surface area is 126 Å². The van der Waals surface area contributed by atoms with Gasteiger partial charge in [-0.2, -0.15) is 13.2 Å². The number of hydrogen-bond acceptors (Lipinski definition) is 3. The van der Waals surface area contributed by atoms with E-state index >= 15 is 0 Å². The lowest BCUT2D eigenvalue weighted by Gasteiger charge is -2.29. The van der Waals surface area contributed by atoms with Crippen LogP contribution in [0, 0.1) is 0 Å². The number of amides is 2. The number of hydrogen-bond donors (Lipinski definition) is 1. The van der Waals surface area contributed by atoms with Gasteiger partial charge in [0.25, 0.3) is 0 Å². The van der Waals surface area contributed by atoms with E-state index in [9.17, 15) is 27.2 Å². The van der Waals surface area contributed by atoms with E-state index in [0.717, 1.165) is 0 Å². The molecule has 0 aromatic carbocycles. The molecule has 1 heterocycles. The van der Waals surface area contributed by atoms with Gasteiger partial charge >= 0.3 is 12.3 Å². The van der Waals surface area contributed by atoms with Crippen molar-refractivity contribution in [1.82, 2.24) is 10.2 Å². The molecule has 0 aliphatic carbocycles. The zero-order chi connectivity index (χ0) is 17.3. The Bertz CT molecular complexity index is 434. The molecule has 1 N–H and O–H groups in total. The fourth-order valence-corrected chi connectivity index (χ4v) is 2.13. The maximum atomic E-state index is 13.3. The number of alkyl halides is 4. The number of nitrogens with one attached hydrogen (secondary N) is 1. The SMILES string of the molecule is C[C@@H](NC(=O)OC(C)(C)C)C(=O)N1CC(F)C[C@@H]1C(F)(F)F. The van der Waals surface area contributed by atoms with Gasteiger partial charge in [0, 0.05) is 6.42 Å². The van der Waals surface area contributed by atoms with Crippen molar-refractivity contribution in [3.05, 3.63) is 0 Å². The van der Waals surface area contributed by atoms with Crippen LogP contribution in [-0.2, 0) is 9.53 Å². The second kappa shape index (κ2) is 6.29. The first-order valence-corrected chi connectivity index (χ1v) is 6.82. The molecule has 1 unspecified atom stereocenters. The summed E-state index contributed by atoms with van der Waals surface area (Å²) in [5.41, 5.74) is -0.807. The summed E-state index contributed by atoms with van der Waals surface area (Å²) in [6.07, 6.45) is -8.14. The topological polar surface area (TPSA) is 58.6 Å². The van der Waals surface area contributed by atoms with Crippen molar-refractivity contribution in [1.29, 1.82) is 0 Å². The molecule has 0 bridgehead atoms. The van der Waals surface area contributed by atoms with Crippen LogP contribution in [0.4, 0.5) is 22.4 Å². The summed E-state index contributed by atoms with van der Waals surface area (Å²) < 4.78 is 56.6. The van der Waals surface area contributed by atoms with E-state index in [1.54, 1.807) is 20.8 Å². The average Bonchev–Trinajstić information content (AvgIpc) is 2.67. The molecular formula is C13H20F4N2O3. The van der Waals surface area contributed by atoms with E-state index in [-0.39, 0.29) is 0 Å². The average molecular weight is 328 g/mol. The van der Waals surface area contributed by atoms with E-state index in [2.05, 4.69) is 5.32 Å². The lowest BCUT2D eigenvalue weighted by Crippen LogP contribution is -2.52. The second-order valence-electron chi connectivity index (χ2n) is 6.25. The maximum Gasteiger partial charge on any atom is 0.408 e. The van der Waals surface area contributed by atoms with Crippen LogP contribution in [0.3, 0.4) is 0 Å². The third-order valence-electron chi connectivity index (χ3n) is 3.01. The van der Waals surface area contributed by atoms with Crippen LogP contribution >= 0.6 is 0 Å². The first-order valence-electron chi connectivity index (χ1n) is 6.82. The molecule has 1 fully saturated rings. The molecule has 9 heteroatoms. The van der Waals surface area contributed by atoms with Gasteiger partial charge in [-0.05, 0) is 27.7 Å². The fourth-order valence-electron chi connectivity index (χ4n) is 2.13. The molecule has 1 aliphatic rings. The molecule has 0 aromatic heterocycles. The Hall–Kier alpha value is -1.54. The quantitative estimate of drug-likeness (QED) is 0.792. The second-order valence-corrected chi connectivity index (χ2v) is 6.25. The van der Waals surface area contributed by atoms with Gasteiger partial charge in [-0.15, -0.1) is 0 Å². The molecule has 0 saturated carbocycles. The van der Waals surface area contributed by atoms with E-state index in [1.807, 2.05) is 0 Å². The predicted octanol–water partition coefficient (Wildman–Crippen LogP) is 2.40. The van der Waals surface area contributed by atoms with Crippen molar-refractivity contribution in [2.45, 2.75) is 64.1 Å². The normalized spacial score (nSPS) is 24.1. The summed E-state index contributed by atoms with van der Waals surface area (Å²) in [5.74, 6) is -0.992. The highest BCUT2D eigenvalue weighted by Gasteiger charge is 2.51. The molecule has 0 aromatic rings. The monoisotopic (exact) mass is 328 g/mol. The number of alkyl carbamates (subject to hydrolysis) is 1. The first kappa shape index (κ1) is 18.5. The van der Waals surface area contributed by atoms with Crippen molar-refractivity contribution in [2.24, 2.45) is 0 Å². The standard InChI is InChI=1S/C13H20F4N2O3/c1-7(18-11(21)22-12(2,3)4)10(20)19-6-8(14)5-9(19)13(15,16)17/h7-9H,5-6H2,1-4H3,(H,18,21)/t7-,8?,9-/m1/s1. The molecule has 5 nitrogen and oxygen atoms in total. The van der Waals surface area contributed by atoms with Crippen LogP contribution in [0.15, 0.2) is 0 Å². The van der Waals surface area contributed by atoms with Crippen molar-refractivity contribution < 1.29 is 31.9 Å². The number of carbonyl (C=O) groups excluding carboxylic acids is 2. The molecule has 0 spiro atoms. The van der Waals surface area contributed by atoms with Crippen LogP contribution in [0.25, 0.3) is 0 Å². The Kier molecular flexibility index (Phi) is 5.30. The van der Waals surface area contributed by atoms with Crippen molar-refractivity contribution in [2.75, 3.05) is 6.54 Å². The van der Waals surface area contributed by atoms with Crippen LogP contribution in [0.5, 0.6) is 0 Å². The zero-order valence-electron chi connectivity index (χ0n) is 12.8. The number of rotatable bonds is 2. The van der Waals surface area contributed by atoms with Crippen LogP contribution in [-0.4, -0.2) is 53.5 Å². The van der Waals surface area contributed by atoms with Crippen molar-refractivity contribution >= 4 is 12.0 Å². The Morgan fingerprint density at radius 3 is 2.27 bits per heavy atom. The van der Waals surface area contributed by atoms with Crippen LogP contribution < -0.4 is 5.32 Å². The van der Waals surface area contributed by atoms with Gasteiger partial charge in [0.05, 0.1) is 6.54 Å². The Morgan fingerprint density at radius 2 is 1.82 bits per heavy atom. The van der Waals surface area contributed by atoms with E-state index in [0.29, 0.717) is 4.90 Å². The van der Waals surface area contributed by atoms with Gasteiger partial charge in [0.15, 0.2) is 0 Å². The van der Waals surface area contributed by atoms with Crippen LogP contribution in [0.1, 0.15) is 34.1 Å². The lowest BCUT2D eigenvalue weighted by molar-refractivity contribution is -0.183. The number of halogens is 4. The molecule has 1 aliphatic heterocycles. The first-order chi connectivity index (χ1) is 9.81. The predicted molar refractivity (Wildman–Crippen MR) is 69.9 cm³/mol. The number of nitrogens with zero attached hydrogens (tertiary/aromatic N) is 1. The molecule has 1 saturated heterocycles. The van der Waals surface area contributed by atoms with Gasteiger partial charge in [0.2, 0.25) is 5.91 Å². The highest BCUT2D eigenvalue weighted by molar-refractivity contribution is 5.86. The summed E-state index contributed by atoms with van der Waals surface area (Å²) in [5, 5.41) is 2.16.